The van der Waals surface area contributed by atoms with Gasteiger partial charge in [-0.3, -0.25) is 14.4 Å². The monoisotopic (exact) mass is 688 g/mol. The zero-order valence-corrected chi connectivity index (χ0v) is 28.7. The van der Waals surface area contributed by atoms with Gasteiger partial charge in [0.05, 0.1) is 0 Å². The molecule has 0 unspecified atom stereocenters. The summed E-state index contributed by atoms with van der Waals surface area (Å²) in [6, 6.07) is 11.1. The van der Waals surface area contributed by atoms with Crippen LogP contribution in [0.5, 0.6) is 0 Å². The Balaban J connectivity index is 1.28. The summed E-state index contributed by atoms with van der Waals surface area (Å²) >= 11 is 0. The molecule has 3 heterocycles. The number of benzene rings is 2. The molecule has 0 bridgehead atoms. The predicted octanol–water partition coefficient (Wildman–Crippen LogP) is 4.76. The number of alkyl carbamates (subject to hydrolysis) is 1. The molecule has 3 aliphatic heterocycles. The molecule has 0 aromatic heterocycles. The van der Waals surface area contributed by atoms with Crippen molar-refractivity contribution in [1.29, 1.82) is 0 Å². The first-order valence-corrected chi connectivity index (χ1v) is 17.4. The van der Waals surface area contributed by atoms with Gasteiger partial charge in [0.2, 0.25) is 11.8 Å². The number of ether oxygens (including phenoxy) is 1. The van der Waals surface area contributed by atoms with E-state index in [0.717, 1.165) is 19.3 Å². The number of carbonyl (C=O) groups excluding carboxylic acids is 4. The fourth-order valence-electron chi connectivity index (χ4n) is 7.67. The third-order valence-corrected chi connectivity index (χ3v) is 10.3. The van der Waals surface area contributed by atoms with Crippen molar-refractivity contribution in [3.05, 3.63) is 72.1 Å². The number of hydrogen-bond acceptors (Lipinski definition) is 6. The number of rotatable bonds is 4. The molecule has 3 N–H and O–H groups in total. The molecule has 4 aliphatic rings. The van der Waals surface area contributed by atoms with Crippen molar-refractivity contribution < 1.29 is 38.2 Å². The van der Waals surface area contributed by atoms with Crippen LogP contribution in [0.25, 0.3) is 11.1 Å². The van der Waals surface area contributed by atoms with Gasteiger partial charge in [-0.1, -0.05) is 55.3 Å². The Bertz CT molecular complexity index is 1690. The van der Waals surface area contributed by atoms with E-state index in [0.29, 0.717) is 29.5 Å². The largest absolute Gasteiger partial charge is 0.479 e. The fraction of sp³-hybridized carbons (Fsp3) is 0.500. The number of fused-ring (bicyclic) bond motifs is 4. The normalized spacial score (nSPS) is 29.0. The molecule has 2 aromatic rings. The van der Waals surface area contributed by atoms with Crippen molar-refractivity contribution >= 4 is 29.8 Å². The fourth-order valence-corrected chi connectivity index (χ4v) is 7.67. The Morgan fingerprint density at radius 2 is 1.78 bits per heavy atom. The van der Waals surface area contributed by atoms with Gasteiger partial charge in [0, 0.05) is 48.5 Å². The quantitative estimate of drug-likeness (QED) is 0.393. The van der Waals surface area contributed by atoms with Gasteiger partial charge >= 0.3 is 12.1 Å². The van der Waals surface area contributed by atoms with Crippen LogP contribution in [0.2, 0.25) is 0 Å². The lowest BCUT2D eigenvalue weighted by atomic mass is 9.93. The van der Waals surface area contributed by atoms with Crippen LogP contribution in [0, 0.1) is 23.6 Å². The van der Waals surface area contributed by atoms with E-state index in [4.69, 9.17) is 4.74 Å². The van der Waals surface area contributed by atoms with Crippen LogP contribution in [-0.4, -0.2) is 87.5 Å². The van der Waals surface area contributed by atoms with Gasteiger partial charge in [-0.2, -0.15) is 0 Å². The van der Waals surface area contributed by atoms with Crippen LogP contribution >= 0.6 is 0 Å². The number of carbonyl (C=O) groups is 5. The van der Waals surface area contributed by atoms with E-state index in [1.165, 1.54) is 23.1 Å². The van der Waals surface area contributed by atoms with E-state index in [9.17, 15) is 33.5 Å². The Hall–Kier alpha value is -4.74. The Kier molecular flexibility index (Phi) is 9.74. The highest BCUT2D eigenvalue weighted by Crippen LogP contribution is 2.46. The zero-order valence-electron chi connectivity index (χ0n) is 28.7. The summed E-state index contributed by atoms with van der Waals surface area (Å²) in [6.45, 7) is 5.70. The third kappa shape index (κ3) is 7.25. The number of amides is 4. The highest BCUT2D eigenvalue weighted by Gasteiger charge is 2.62. The molecule has 6 rings (SSSR count). The highest BCUT2D eigenvalue weighted by atomic mass is 19.1. The van der Waals surface area contributed by atoms with Gasteiger partial charge in [0.15, 0.2) is 0 Å². The van der Waals surface area contributed by atoms with E-state index in [1.54, 1.807) is 49.9 Å². The molecule has 4 amide bonds. The summed E-state index contributed by atoms with van der Waals surface area (Å²) in [5.41, 5.74) is -1.05. The van der Waals surface area contributed by atoms with Crippen molar-refractivity contribution in [2.75, 3.05) is 19.6 Å². The van der Waals surface area contributed by atoms with Crippen molar-refractivity contribution in [2.24, 2.45) is 17.8 Å². The van der Waals surface area contributed by atoms with Gasteiger partial charge < -0.3 is 30.3 Å². The van der Waals surface area contributed by atoms with Crippen LogP contribution in [0.3, 0.4) is 0 Å². The standard InChI is InChI=1S/C38H45FN4O7/c1-37(2,3)50-36(49)40-30-15-11-6-4-5-10-14-26-19-38(26,35(47)48)41-32(44)31-28-22-42(20-25(28)21-43(31)34(30)46)33(45)24-16-17-29(39)27(18-24)23-12-8-7-9-13-23/h7-10,12-14,16-18,25-26,28,30-31H,4-6,11,15,19-22H2,1-3H3,(H,40,49)(H,41,44)(H,47,48)/b14-10-/t25-,26-,28-,30+,31-,38+/m0/s1. The van der Waals surface area contributed by atoms with E-state index in [-0.39, 0.29) is 43.8 Å². The van der Waals surface area contributed by atoms with Crippen LogP contribution in [0.15, 0.2) is 60.7 Å². The van der Waals surface area contributed by atoms with Gasteiger partial charge in [0.25, 0.3) is 5.91 Å². The first-order valence-electron chi connectivity index (χ1n) is 17.4. The van der Waals surface area contributed by atoms with E-state index in [2.05, 4.69) is 10.6 Å². The molecule has 12 heteroatoms. The first kappa shape index (κ1) is 35.1. The minimum absolute atomic E-state index is 0.136. The van der Waals surface area contributed by atoms with Crippen molar-refractivity contribution in [1.82, 2.24) is 20.4 Å². The van der Waals surface area contributed by atoms with Gasteiger partial charge in [-0.05, 0) is 70.2 Å². The van der Waals surface area contributed by atoms with Crippen LogP contribution in [-0.2, 0) is 19.1 Å². The third-order valence-electron chi connectivity index (χ3n) is 10.3. The molecule has 50 heavy (non-hydrogen) atoms. The van der Waals surface area contributed by atoms with Crippen molar-refractivity contribution in [3.8, 4) is 11.1 Å². The Morgan fingerprint density at radius 3 is 2.50 bits per heavy atom. The summed E-state index contributed by atoms with van der Waals surface area (Å²) in [4.78, 5) is 70.9. The average Bonchev–Trinajstić information content (AvgIpc) is 3.41. The number of halogens is 1. The number of hydrogen-bond donors (Lipinski definition) is 3. The second-order valence-corrected chi connectivity index (χ2v) is 15.0. The molecule has 2 saturated heterocycles. The van der Waals surface area contributed by atoms with Gasteiger partial charge in [-0.15, -0.1) is 0 Å². The Morgan fingerprint density at radius 1 is 1.02 bits per heavy atom. The molecule has 1 saturated carbocycles. The maximum Gasteiger partial charge on any atom is 0.408 e. The predicted molar refractivity (Wildman–Crippen MR) is 182 cm³/mol. The number of nitrogens with zero attached hydrogens (tertiary/aromatic N) is 2. The van der Waals surface area contributed by atoms with E-state index < -0.39 is 58.8 Å². The minimum atomic E-state index is -1.48. The van der Waals surface area contributed by atoms with Crippen molar-refractivity contribution in [3.63, 3.8) is 0 Å². The minimum Gasteiger partial charge on any atom is -0.479 e. The summed E-state index contributed by atoms with van der Waals surface area (Å²) in [5, 5.41) is 15.7. The van der Waals surface area contributed by atoms with Gasteiger partial charge in [-0.25, -0.2) is 14.0 Å². The molecule has 11 nitrogen and oxygen atoms in total. The number of aliphatic carboxylic acids is 1. The summed E-state index contributed by atoms with van der Waals surface area (Å²) in [7, 11) is 0. The maximum absolute atomic E-state index is 14.8. The molecule has 0 radical (unpaired) electrons. The van der Waals surface area contributed by atoms with Crippen molar-refractivity contribution in [2.45, 2.75) is 82.5 Å². The second kappa shape index (κ2) is 13.9. The van der Waals surface area contributed by atoms with Crippen LogP contribution < -0.4 is 10.6 Å². The molecule has 0 spiro atoms. The number of likely N-dealkylation sites (tertiary alicyclic amines) is 1. The summed E-state index contributed by atoms with van der Waals surface area (Å²) in [5.74, 6) is -4.13. The maximum atomic E-state index is 14.8. The Labute approximate surface area is 291 Å². The van der Waals surface area contributed by atoms with Crippen LogP contribution in [0.1, 0.15) is 69.7 Å². The lowest BCUT2D eigenvalue weighted by Crippen LogP contribution is -2.58. The molecule has 2 aromatic carbocycles. The zero-order chi connectivity index (χ0) is 35.8. The van der Waals surface area contributed by atoms with Gasteiger partial charge in [0.1, 0.15) is 29.0 Å². The smallest absolute Gasteiger partial charge is 0.408 e. The SMILES string of the molecule is CC(C)(C)OC(=O)N[C@@H]1CCCCC/C=C\[C@H]2C[C@@]2(C(=O)O)NC(=O)[C@@H]2[C@H]3CN(C(=O)c4ccc(F)c(-c5ccccc5)c4)C[C@H]3CN2C1=O. The lowest BCUT2D eigenvalue weighted by Gasteiger charge is -2.33. The first-order chi connectivity index (χ1) is 23.8. The second-order valence-electron chi connectivity index (χ2n) is 15.0. The molecule has 1 aliphatic carbocycles. The van der Waals surface area contributed by atoms with E-state index in [1.807, 2.05) is 18.2 Å². The molecular weight excluding hydrogens is 643 g/mol. The summed E-state index contributed by atoms with van der Waals surface area (Å²) in [6.07, 6.45) is 6.61. The molecule has 266 valence electrons. The lowest BCUT2D eigenvalue weighted by molar-refractivity contribution is -0.146. The molecule has 3 fully saturated rings. The topological polar surface area (TPSA) is 145 Å². The average molecular weight is 689 g/mol. The molecular formula is C38H45FN4O7. The van der Waals surface area contributed by atoms with Crippen LogP contribution in [0.4, 0.5) is 9.18 Å². The van der Waals surface area contributed by atoms with E-state index >= 15 is 0 Å². The number of allylic oxidation sites excluding steroid dienone is 1. The number of carboxylic acid groups (broad SMARTS) is 1. The highest BCUT2D eigenvalue weighted by molar-refractivity contribution is 5.98. The number of nitrogens with one attached hydrogen (secondary N) is 2. The molecule has 6 atom stereocenters. The number of carboxylic acids is 1. The summed E-state index contributed by atoms with van der Waals surface area (Å²) < 4.78 is 20.3.